The van der Waals surface area contributed by atoms with Gasteiger partial charge >= 0.3 is 0 Å². The Bertz CT molecular complexity index is 409. The second kappa shape index (κ2) is 7.22. The van der Waals surface area contributed by atoms with Gasteiger partial charge in [0.15, 0.2) is 0 Å². The third-order valence-corrected chi connectivity index (χ3v) is 3.50. The largest absolute Gasteiger partial charge is 0.379 e. The van der Waals surface area contributed by atoms with Crippen molar-refractivity contribution in [3.05, 3.63) is 34.6 Å². The molecule has 19 heavy (non-hydrogen) atoms. The first-order valence-electron chi connectivity index (χ1n) is 6.60. The third kappa shape index (κ3) is 5.47. The Balaban J connectivity index is 2.77. The van der Waals surface area contributed by atoms with Gasteiger partial charge in [0, 0.05) is 18.2 Å². The summed E-state index contributed by atoms with van der Waals surface area (Å²) in [6, 6.07) is 5.02. The van der Waals surface area contributed by atoms with Crippen LogP contribution in [0.25, 0.3) is 0 Å². The topological polar surface area (TPSA) is 21.3 Å². The zero-order chi connectivity index (χ0) is 14.5. The lowest BCUT2D eigenvalue weighted by Crippen LogP contribution is -2.39. The standard InChI is InChI=1S/C15H23ClFNO/c1-5-18-13(10-15(2,3)19-4)8-11-6-7-12(16)9-14(11)17/h6-7,9,13,18H,5,8,10H2,1-4H3. The van der Waals surface area contributed by atoms with Gasteiger partial charge in [-0.15, -0.1) is 0 Å². The van der Waals surface area contributed by atoms with E-state index in [0.717, 1.165) is 13.0 Å². The molecule has 0 aliphatic rings. The fourth-order valence-corrected chi connectivity index (χ4v) is 2.29. The number of methoxy groups -OCH3 is 1. The minimum absolute atomic E-state index is 0.177. The summed E-state index contributed by atoms with van der Waals surface area (Å²) in [5.74, 6) is -0.245. The minimum Gasteiger partial charge on any atom is -0.379 e. The molecule has 1 unspecified atom stereocenters. The lowest BCUT2D eigenvalue weighted by Gasteiger charge is -2.29. The van der Waals surface area contributed by atoms with Gasteiger partial charge in [-0.3, -0.25) is 0 Å². The molecule has 1 aromatic rings. The van der Waals surface area contributed by atoms with Crippen LogP contribution in [0.1, 0.15) is 32.8 Å². The molecule has 0 heterocycles. The van der Waals surface area contributed by atoms with E-state index in [-0.39, 0.29) is 17.5 Å². The summed E-state index contributed by atoms with van der Waals surface area (Å²) in [7, 11) is 1.70. The van der Waals surface area contributed by atoms with E-state index < -0.39 is 0 Å². The number of hydrogen-bond donors (Lipinski definition) is 1. The number of rotatable bonds is 7. The Hall–Kier alpha value is -0.640. The van der Waals surface area contributed by atoms with Crippen molar-refractivity contribution in [2.45, 2.75) is 45.3 Å². The highest BCUT2D eigenvalue weighted by Crippen LogP contribution is 2.21. The molecule has 0 aliphatic heterocycles. The van der Waals surface area contributed by atoms with E-state index in [0.29, 0.717) is 17.0 Å². The smallest absolute Gasteiger partial charge is 0.127 e. The van der Waals surface area contributed by atoms with Crippen LogP contribution in [0.2, 0.25) is 5.02 Å². The van der Waals surface area contributed by atoms with E-state index in [1.807, 2.05) is 20.8 Å². The van der Waals surface area contributed by atoms with E-state index in [1.165, 1.54) is 6.07 Å². The van der Waals surface area contributed by atoms with Crippen LogP contribution in [-0.2, 0) is 11.2 Å². The molecule has 0 bridgehead atoms. The Kier molecular flexibility index (Phi) is 6.24. The molecule has 1 N–H and O–H groups in total. The van der Waals surface area contributed by atoms with Gasteiger partial charge in [0.05, 0.1) is 5.60 Å². The van der Waals surface area contributed by atoms with Crippen molar-refractivity contribution in [2.24, 2.45) is 0 Å². The Morgan fingerprint density at radius 3 is 2.63 bits per heavy atom. The molecule has 0 radical (unpaired) electrons. The quantitative estimate of drug-likeness (QED) is 0.823. The second-order valence-corrected chi connectivity index (χ2v) is 5.80. The van der Waals surface area contributed by atoms with Crippen molar-refractivity contribution in [3.63, 3.8) is 0 Å². The molecular weight excluding hydrogens is 265 g/mol. The molecule has 0 fully saturated rings. The van der Waals surface area contributed by atoms with Crippen molar-refractivity contribution < 1.29 is 9.13 Å². The fraction of sp³-hybridized carbons (Fsp3) is 0.600. The summed E-state index contributed by atoms with van der Waals surface area (Å²) in [4.78, 5) is 0. The van der Waals surface area contributed by atoms with Crippen LogP contribution < -0.4 is 5.32 Å². The van der Waals surface area contributed by atoms with E-state index in [2.05, 4.69) is 5.32 Å². The van der Waals surface area contributed by atoms with E-state index in [4.69, 9.17) is 16.3 Å². The van der Waals surface area contributed by atoms with Gasteiger partial charge in [0.1, 0.15) is 5.82 Å². The first-order valence-corrected chi connectivity index (χ1v) is 6.98. The highest BCUT2D eigenvalue weighted by Gasteiger charge is 2.23. The molecule has 0 amide bonds. The Labute approximate surface area is 120 Å². The molecule has 0 spiro atoms. The number of nitrogens with one attached hydrogen (secondary N) is 1. The molecule has 1 atom stereocenters. The molecule has 4 heteroatoms. The molecule has 1 aromatic carbocycles. The van der Waals surface area contributed by atoms with Crippen LogP contribution in [0.4, 0.5) is 4.39 Å². The van der Waals surface area contributed by atoms with E-state index >= 15 is 0 Å². The summed E-state index contributed by atoms with van der Waals surface area (Å²) in [5, 5.41) is 3.81. The number of hydrogen-bond acceptors (Lipinski definition) is 2. The summed E-state index contributed by atoms with van der Waals surface area (Å²) in [5.41, 5.74) is 0.456. The Morgan fingerprint density at radius 2 is 2.11 bits per heavy atom. The predicted octanol–water partition coefficient (Wildman–Crippen LogP) is 3.81. The molecule has 1 rings (SSSR count). The van der Waals surface area contributed by atoms with Crippen LogP contribution in [0.15, 0.2) is 18.2 Å². The SMILES string of the molecule is CCNC(Cc1ccc(Cl)cc1F)CC(C)(C)OC. The van der Waals surface area contributed by atoms with Crippen molar-refractivity contribution in [3.8, 4) is 0 Å². The maximum Gasteiger partial charge on any atom is 0.127 e. The highest BCUT2D eigenvalue weighted by molar-refractivity contribution is 6.30. The first kappa shape index (κ1) is 16.4. The summed E-state index contributed by atoms with van der Waals surface area (Å²) >= 11 is 5.77. The lowest BCUT2D eigenvalue weighted by molar-refractivity contribution is 0.00720. The van der Waals surface area contributed by atoms with Crippen molar-refractivity contribution in [1.82, 2.24) is 5.32 Å². The molecular formula is C15H23ClFNO. The average Bonchev–Trinajstić information content (AvgIpc) is 2.32. The maximum atomic E-state index is 13.8. The van der Waals surface area contributed by atoms with Gasteiger partial charge in [0.2, 0.25) is 0 Å². The second-order valence-electron chi connectivity index (χ2n) is 5.36. The summed E-state index contributed by atoms with van der Waals surface area (Å²) in [6.45, 7) is 6.97. The van der Waals surface area contributed by atoms with Crippen molar-refractivity contribution >= 4 is 11.6 Å². The van der Waals surface area contributed by atoms with Crippen molar-refractivity contribution in [1.29, 1.82) is 0 Å². The summed E-state index contributed by atoms with van der Waals surface area (Å²) in [6.07, 6.45) is 1.45. The minimum atomic E-state index is -0.245. The summed E-state index contributed by atoms with van der Waals surface area (Å²) < 4.78 is 19.3. The lowest BCUT2D eigenvalue weighted by atomic mass is 9.93. The van der Waals surface area contributed by atoms with Crippen LogP contribution >= 0.6 is 11.6 Å². The van der Waals surface area contributed by atoms with Crippen molar-refractivity contribution in [2.75, 3.05) is 13.7 Å². The van der Waals surface area contributed by atoms with Crippen LogP contribution in [0.3, 0.4) is 0 Å². The van der Waals surface area contributed by atoms with Gasteiger partial charge in [0.25, 0.3) is 0 Å². The average molecular weight is 288 g/mol. The van der Waals surface area contributed by atoms with E-state index in [1.54, 1.807) is 19.2 Å². The fourth-order valence-electron chi connectivity index (χ4n) is 2.13. The molecule has 0 aliphatic carbocycles. The number of halogens is 2. The predicted molar refractivity (Wildman–Crippen MR) is 78.3 cm³/mol. The van der Waals surface area contributed by atoms with Crippen LogP contribution in [0, 0.1) is 5.82 Å². The molecule has 0 aromatic heterocycles. The number of likely N-dealkylation sites (N-methyl/N-ethyl adjacent to an activating group) is 1. The maximum absolute atomic E-state index is 13.8. The van der Waals surface area contributed by atoms with E-state index in [9.17, 15) is 4.39 Å². The molecule has 2 nitrogen and oxygen atoms in total. The van der Waals surface area contributed by atoms with Crippen LogP contribution in [-0.4, -0.2) is 25.3 Å². The van der Waals surface area contributed by atoms with Crippen LogP contribution in [0.5, 0.6) is 0 Å². The van der Waals surface area contributed by atoms with Gasteiger partial charge in [-0.1, -0.05) is 24.6 Å². The highest BCUT2D eigenvalue weighted by atomic mass is 35.5. The monoisotopic (exact) mass is 287 g/mol. The van der Waals surface area contributed by atoms with Gasteiger partial charge < -0.3 is 10.1 Å². The van der Waals surface area contributed by atoms with Gasteiger partial charge in [-0.2, -0.15) is 0 Å². The van der Waals surface area contributed by atoms with Gasteiger partial charge in [-0.25, -0.2) is 4.39 Å². The zero-order valence-corrected chi connectivity index (χ0v) is 12.9. The first-order chi connectivity index (χ1) is 8.88. The number of ether oxygens (including phenoxy) is 1. The molecule has 0 saturated carbocycles. The Morgan fingerprint density at radius 1 is 1.42 bits per heavy atom. The normalized spacial score (nSPS) is 13.6. The molecule has 108 valence electrons. The third-order valence-electron chi connectivity index (χ3n) is 3.26. The molecule has 0 saturated heterocycles. The number of benzene rings is 1. The van der Waals surface area contributed by atoms with Gasteiger partial charge in [-0.05, 0) is 50.9 Å². The zero-order valence-electron chi connectivity index (χ0n) is 12.1.